The smallest absolute Gasteiger partial charge is 0.317 e. The van der Waals surface area contributed by atoms with Crippen LogP contribution in [0.25, 0.3) is 16.5 Å². The van der Waals surface area contributed by atoms with Crippen LogP contribution in [0.4, 0.5) is 42.5 Å². The number of ether oxygens (including phenoxy) is 2. The Balaban J connectivity index is 0.741. The molecule has 4 aliphatic rings. The fourth-order valence-electron chi connectivity index (χ4n) is 11.7. The average Bonchev–Trinajstić information content (AvgIpc) is 4.08. The molecular weight excluding hydrogens is 1060 g/mol. The Kier molecular flexibility index (Phi) is 18.6. The number of methoxy groups -OCH3 is 1. The second-order valence-corrected chi connectivity index (χ2v) is 21.3. The van der Waals surface area contributed by atoms with Gasteiger partial charge in [0.2, 0.25) is 17.8 Å². The van der Waals surface area contributed by atoms with E-state index in [1.54, 1.807) is 56.5 Å². The van der Waals surface area contributed by atoms with E-state index in [2.05, 4.69) is 40.8 Å². The highest BCUT2D eigenvalue weighted by atomic mass is 19.3. The molecule has 0 bridgehead atoms. The topological polar surface area (TPSA) is 252 Å². The number of nitrogens with zero attached hydrogens (tertiary/aromatic N) is 10. The molecule has 0 spiro atoms. The number of hydrogen-bond acceptors (Lipinski definition) is 15. The van der Waals surface area contributed by atoms with Crippen LogP contribution < -0.4 is 51.8 Å². The molecule has 3 aromatic heterocycles. The number of rotatable bonds is 19. The number of alkyl halides is 2. The first kappa shape index (κ1) is 58.3. The summed E-state index contributed by atoms with van der Waals surface area (Å²) in [6.45, 7) is 5.92. The van der Waals surface area contributed by atoms with Crippen molar-refractivity contribution in [3.8, 4) is 11.5 Å². The van der Waals surface area contributed by atoms with Gasteiger partial charge in [-0.2, -0.15) is 10.1 Å². The number of aromatic nitrogens is 5. The number of aryl methyl sites for hydroxylation is 3. The fraction of sp³-hybridized carbons (Fsp3) is 0.500. The van der Waals surface area contributed by atoms with E-state index in [1.165, 1.54) is 31.1 Å². The minimum atomic E-state index is -2.76. The summed E-state index contributed by atoms with van der Waals surface area (Å²) < 4.78 is 44.3. The molecule has 7 heterocycles. The third-order valence-electron chi connectivity index (χ3n) is 16.2. The van der Waals surface area contributed by atoms with Crippen molar-refractivity contribution in [1.82, 2.24) is 50.1 Å². The van der Waals surface area contributed by atoms with E-state index in [0.29, 0.717) is 160 Å². The lowest BCUT2D eigenvalue weighted by molar-refractivity contribution is -0.132. The van der Waals surface area contributed by atoms with Crippen molar-refractivity contribution in [2.45, 2.75) is 96.6 Å². The van der Waals surface area contributed by atoms with Crippen LogP contribution in [0.2, 0.25) is 0 Å². The SMILES string of the molecule is CN=CC(=CN)c1cc2c(cc1C(F)F)N(c1nn(C3CCN(C(=O)CCCCCNC(=O)C4CCN(c5ncc(C)c(Nc6cc(OC)c7c(c6)cc(OCC(=O)NC)c(=O)n7C)n5)CC4)CC3)c3c1CN(C(=O)NC)CC3)CCC2. The van der Waals surface area contributed by atoms with Gasteiger partial charge in [-0.1, -0.05) is 6.42 Å². The van der Waals surface area contributed by atoms with E-state index in [1.807, 2.05) is 22.8 Å². The average molecular weight is 1130 g/mol. The van der Waals surface area contributed by atoms with Crippen LogP contribution in [0, 0.1) is 12.8 Å². The van der Waals surface area contributed by atoms with Gasteiger partial charge in [-0.3, -0.25) is 28.9 Å². The van der Waals surface area contributed by atoms with E-state index in [4.69, 9.17) is 25.3 Å². The molecular formula is C58H75F2N15O7. The second-order valence-electron chi connectivity index (χ2n) is 21.3. The van der Waals surface area contributed by atoms with Crippen molar-refractivity contribution >= 4 is 75.4 Å². The Hall–Kier alpha value is -8.31. The molecule has 4 aliphatic heterocycles. The Bertz CT molecular complexity index is 3310. The first-order valence-corrected chi connectivity index (χ1v) is 28.2. The van der Waals surface area contributed by atoms with Crippen molar-refractivity contribution in [1.29, 1.82) is 0 Å². The van der Waals surface area contributed by atoms with Crippen LogP contribution in [0.5, 0.6) is 11.5 Å². The highest BCUT2D eigenvalue weighted by Crippen LogP contribution is 2.43. The number of pyridine rings is 1. The van der Waals surface area contributed by atoms with Gasteiger partial charge in [0.1, 0.15) is 11.6 Å². The number of amides is 5. The number of likely N-dealkylation sites (tertiary alicyclic amines) is 1. The first-order chi connectivity index (χ1) is 39.6. The molecule has 2 aromatic carbocycles. The lowest BCUT2D eigenvalue weighted by atomic mass is 9.92. The monoisotopic (exact) mass is 1130 g/mol. The van der Waals surface area contributed by atoms with Crippen molar-refractivity contribution < 1.29 is 37.4 Å². The highest BCUT2D eigenvalue weighted by molar-refractivity contribution is 6.10. The number of likely N-dealkylation sites (N-methyl/N-ethyl adjacent to an activating group) is 1. The van der Waals surface area contributed by atoms with E-state index < -0.39 is 12.0 Å². The number of unbranched alkanes of at least 4 members (excludes halogenated alkanes) is 2. The normalized spacial score (nSPS) is 16.1. The lowest BCUT2D eigenvalue weighted by Crippen LogP contribution is -2.42. The largest absolute Gasteiger partial charge is 0.494 e. The van der Waals surface area contributed by atoms with E-state index in [-0.39, 0.29) is 53.6 Å². The molecule has 9 rings (SSSR count). The molecule has 0 aliphatic carbocycles. The zero-order valence-electron chi connectivity index (χ0n) is 47.7. The third-order valence-corrected chi connectivity index (χ3v) is 16.2. The van der Waals surface area contributed by atoms with Crippen LogP contribution in [0.15, 0.2) is 52.5 Å². The molecule has 2 fully saturated rings. The first-order valence-electron chi connectivity index (χ1n) is 28.2. The van der Waals surface area contributed by atoms with Crippen LogP contribution in [-0.2, 0) is 40.8 Å². The summed E-state index contributed by atoms with van der Waals surface area (Å²) in [6, 6.07) is 8.41. The number of carbonyl (C=O) groups excluding carboxylic acids is 4. The minimum Gasteiger partial charge on any atom is -0.494 e. The number of allylic oxidation sites excluding steroid dienone is 1. The number of anilines is 5. The number of nitrogens with one attached hydrogen (secondary N) is 4. The summed E-state index contributed by atoms with van der Waals surface area (Å²) in [5, 5.41) is 17.7. The van der Waals surface area contributed by atoms with Crippen molar-refractivity contribution in [2.75, 3.05) is 95.8 Å². The fourth-order valence-corrected chi connectivity index (χ4v) is 11.7. The summed E-state index contributed by atoms with van der Waals surface area (Å²) in [5.74, 6) is 1.91. The van der Waals surface area contributed by atoms with Gasteiger partial charge < -0.3 is 60.6 Å². The van der Waals surface area contributed by atoms with Gasteiger partial charge in [0.25, 0.3) is 17.9 Å². The molecule has 0 radical (unpaired) electrons. The van der Waals surface area contributed by atoms with Gasteiger partial charge >= 0.3 is 6.03 Å². The number of carbonyl (C=O) groups is 4. The Labute approximate surface area is 475 Å². The Morgan fingerprint density at radius 2 is 1.71 bits per heavy atom. The zero-order chi connectivity index (χ0) is 58.2. The van der Waals surface area contributed by atoms with Gasteiger partial charge in [-0.25, -0.2) is 18.6 Å². The molecule has 22 nitrogen and oxygen atoms in total. The number of nitrogens with two attached hydrogens (primary N) is 1. The zero-order valence-corrected chi connectivity index (χ0v) is 47.7. The number of piperidine rings is 2. The van der Waals surface area contributed by atoms with E-state index >= 15 is 0 Å². The molecule has 82 heavy (non-hydrogen) atoms. The van der Waals surface area contributed by atoms with E-state index in [9.17, 15) is 32.8 Å². The van der Waals surface area contributed by atoms with Gasteiger partial charge in [-0.05, 0) is 93.7 Å². The highest BCUT2D eigenvalue weighted by Gasteiger charge is 2.36. The van der Waals surface area contributed by atoms with Gasteiger partial charge in [0, 0.05) is 162 Å². The Morgan fingerprint density at radius 1 is 0.927 bits per heavy atom. The Morgan fingerprint density at radius 3 is 2.41 bits per heavy atom. The van der Waals surface area contributed by atoms with Gasteiger partial charge in [0.15, 0.2) is 18.2 Å². The number of hydrogen-bond donors (Lipinski definition) is 5. The van der Waals surface area contributed by atoms with Crippen molar-refractivity contribution in [2.24, 2.45) is 23.7 Å². The molecule has 6 N–H and O–H groups in total. The summed E-state index contributed by atoms with van der Waals surface area (Å²) in [4.78, 5) is 86.1. The van der Waals surface area contributed by atoms with E-state index in [0.717, 1.165) is 41.6 Å². The molecule has 5 amide bonds. The number of aliphatic imine (C=N–C) groups is 1. The van der Waals surface area contributed by atoms with Crippen LogP contribution in [-0.4, -0.2) is 145 Å². The predicted molar refractivity (Wildman–Crippen MR) is 311 cm³/mol. The predicted octanol–water partition coefficient (Wildman–Crippen LogP) is 6.19. The van der Waals surface area contributed by atoms with Gasteiger partial charge in [0.05, 0.1) is 25.2 Å². The van der Waals surface area contributed by atoms with Crippen LogP contribution >= 0.6 is 0 Å². The molecule has 2 saturated heterocycles. The standard InChI is InChI=1S/C58H75F2N15O7/c1-35-31-66-57(68-53(35)67-40-25-38-27-48(82-34-49(76)63-3)56(79)70(5)51(38)47(28-40)81-6)72-20-13-36(14-21-72)55(78)65-18-9-7-8-12-50(77)71-22-15-41(16-23-71)75-45-17-24-73(58(80)64-4)33-44(45)54(69-75)74-19-10-11-37-26-42(39(30-61)32-62-2)43(52(59)60)29-46(37)74/h25-32,36,41,52H,7-24,33-34,61H2,1-6H3,(H,63,76)(H,64,80)(H,65,78)(H,66,67,68). The van der Waals surface area contributed by atoms with Crippen molar-refractivity contribution in [3.63, 3.8) is 0 Å². The van der Waals surface area contributed by atoms with Gasteiger partial charge in [-0.15, -0.1) is 0 Å². The van der Waals surface area contributed by atoms with Crippen LogP contribution in [0.3, 0.4) is 0 Å². The van der Waals surface area contributed by atoms with Crippen molar-refractivity contribution in [3.05, 3.63) is 86.6 Å². The molecule has 0 atom stereocenters. The number of halogens is 2. The summed E-state index contributed by atoms with van der Waals surface area (Å²) in [6.07, 6.45) is 9.25. The number of urea groups is 1. The molecule has 24 heteroatoms. The maximum atomic E-state index is 14.8. The quantitative estimate of drug-likeness (QED) is 0.0457. The third kappa shape index (κ3) is 12.6. The second kappa shape index (κ2) is 26.1. The lowest BCUT2D eigenvalue weighted by Gasteiger charge is -2.34. The maximum absolute atomic E-state index is 14.8. The summed E-state index contributed by atoms with van der Waals surface area (Å²) >= 11 is 0. The summed E-state index contributed by atoms with van der Waals surface area (Å²) in [7, 11) is 7.82. The minimum absolute atomic E-state index is 0.0175. The number of fused-ring (bicyclic) bond motifs is 3. The molecule has 5 aromatic rings. The summed E-state index contributed by atoms with van der Waals surface area (Å²) in [5.41, 5.74) is 11.7. The number of benzene rings is 2. The molecule has 438 valence electrons. The molecule has 0 saturated carbocycles. The van der Waals surface area contributed by atoms with Crippen LogP contribution in [0.1, 0.15) is 104 Å². The molecule has 0 unspecified atom stereocenters. The maximum Gasteiger partial charge on any atom is 0.317 e.